The van der Waals surface area contributed by atoms with E-state index in [1.807, 2.05) is 20.8 Å². The van der Waals surface area contributed by atoms with Gasteiger partial charge in [-0.25, -0.2) is 4.98 Å². The molecule has 0 spiro atoms. The van der Waals surface area contributed by atoms with Crippen molar-refractivity contribution in [2.75, 3.05) is 29.9 Å². The van der Waals surface area contributed by atoms with Crippen LogP contribution >= 0.6 is 0 Å². The van der Waals surface area contributed by atoms with Crippen molar-refractivity contribution >= 4 is 17.5 Å². The minimum atomic E-state index is -0.516. The predicted molar refractivity (Wildman–Crippen MR) is 72.4 cm³/mol. The maximum absolute atomic E-state index is 11.0. The van der Waals surface area contributed by atoms with E-state index < -0.39 is 4.92 Å². The fourth-order valence-corrected chi connectivity index (χ4v) is 1.67. The van der Waals surface area contributed by atoms with Gasteiger partial charge in [0.15, 0.2) is 0 Å². The molecule has 0 saturated carbocycles. The standard InChI is InChI=1S/C11H19N5O3/c1-4-12-11-13-7-9(16(18)19)10(14-11)15(5-6-17)8(2)3/h7-8,17H,4-6H2,1-3H3,(H,12,13,14). The Balaban J connectivity index is 3.24. The van der Waals surface area contributed by atoms with Gasteiger partial charge in [0, 0.05) is 19.1 Å². The van der Waals surface area contributed by atoms with Gasteiger partial charge < -0.3 is 15.3 Å². The molecular formula is C11H19N5O3. The van der Waals surface area contributed by atoms with E-state index in [1.165, 1.54) is 6.20 Å². The van der Waals surface area contributed by atoms with Crippen molar-refractivity contribution in [2.45, 2.75) is 26.8 Å². The van der Waals surface area contributed by atoms with E-state index in [0.29, 0.717) is 12.5 Å². The lowest BCUT2D eigenvalue weighted by molar-refractivity contribution is -0.384. The third-order valence-electron chi connectivity index (χ3n) is 2.52. The summed E-state index contributed by atoms with van der Waals surface area (Å²) in [7, 11) is 0. The summed E-state index contributed by atoms with van der Waals surface area (Å²) in [6.45, 7) is 6.46. The predicted octanol–water partition coefficient (Wildman–Crippen LogP) is 1.02. The Bertz CT molecular complexity index is 438. The summed E-state index contributed by atoms with van der Waals surface area (Å²) in [4.78, 5) is 20.3. The summed E-state index contributed by atoms with van der Waals surface area (Å²) >= 11 is 0. The number of nitrogens with one attached hydrogen (secondary N) is 1. The molecule has 1 aromatic rings. The summed E-state index contributed by atoms with van der Waals surface area (Å²) in [5.41, 5.74) is -0.163. The average molecular weight is 269 g/mol. The van der Waals surface area contributed by atoms with Crippen LogP contribution in [0, 0.1) is 10.1 Å². The molecule has 2 N–H and O–H groups in total. The fraction of sp³-hybridized carbons (Fsp3) is 0.636. The van der Waals surface area contributed by atoms with Crippen molar-refractivity contribution < 1.29 is 10.0 Å². The molecule has 1 heterocycles. The van der Waals surface area contributed by atoms with Crippen LogP contribution < -0.4 is 10.2 Å². The Labute approximate surface area is 111 Å². The Morgan fingerprint density at radius 2 is 2.26 bits per heavy atom. The SMILES string of the molecule is CCNc1ncc([N+](=O)[O-])c(N(CCO)C(C)C)n1. The van der Waals surface area contributed by atoms with Crippen LogP contribution in [0.15, 0.2) is 6.20 Å². The van der Waals surface area contributed by atoms with E-state index in [9.17, 15) is 10.1 Å². The summed E-state index contributed by atoms with van der Waals surface area (Å²) in [6, 6.07) is -0.0183. The van der Waals surface area contributed by atoms with Gasteiger partial charge >= 0.3 is 5.69 Å². The highest BCUT2D eigenvalue weighted by Crippen LogP contribution is 2.27. The molecular weight excluding hydrogens is 250 g/mol. The van der Waals surface area contributed by atoms with Gasteiger partial charge in [-0.3, -0.25) is 10.1 Å². The third-order valence-corrected chi connectivity index (χ3v) is 2.52. The number of hydrogen-bond acceptors (Lipinski definition) is 7. The number of nitro groups is 1. The summed E-state index contributed by atoms with van der Waals surface area (Å²) < 4.78 is 0. The van der Waals surface area contributed by atoms with E-state index in [1.54, 1.807) is 4.90 Å². The van der Waals surface area contributed by atoms with Crippen molar-refractivity contribution in [2.24, 2.45) is 0 Å². The first-order chi connectivity index (χ1) is 9.01. The molecule has 106 valence electrons. The zero-order valence-corrected chi connectivity index (χ0v) is 11.3. The van der Waals surface area contributed by atoms with Crippen LogP contribution in [0.4, 0.5) is 17.5 Å². The second-order valence-electron chi connectivity index (χ2n) is 4.20. The van der Waals surface area contributed by atoms with Crippen molar-refractivity contribution in [1.29, 1.82) is 0 Å². The first kappa shape index (κ1) is 15.1. The molecule has 0 aliphatic heterocycles. The molecule has 0 bridgehead atoms. The molecule has 0 aliphatic carbocycles. The van der Waals surface area contributed by atoms with Crippen molar-refractivity contribution in [1.82, 2.24) is 9.97 Å². The summed E-state index contributed by atoms with van der Waals surface area (Å²) in [5.74, 6) is 0.562. The van der Waals surface area contributed by atoms with Crippen LogP contribution in [0.5, 0.6) is 0 Å². The van der Waals surface area contributed by atoms with Crippen molar-refractivity contribution in [3.05, 3.63) is 16.3 Å². The van der Waals surface area contributed by atoms with Gasteiger partial charge in [0.25, 0.3) is 0 Å². The Morgan fingerprint density at radius 1 is 1.58 bits per heavy atom. The lowest BCUT2D eigenvalue weighted by Gasteiger charge is -2.26. The molecule has 0 amide bonds. The van der Waals surface area contributed by atoms with Gasteiger partial charge in [-0.1, -0.05) is 0 Å². The summed E-state index contributed by atoms with van der Waals surface area (Å²) in [6.07, 6.45) is 1.19. The third kappa shape index (κ3) is 3.75. The Hall–Kier alpha value is -1.96. The molecule has 1 aromatic heterocycles. The number of nitrogens with zero attached hydrogens (tertiary/aromatic N) is 4. The molecule has 0 saturated heterocycles. The molecule has 0 radical (unpaired) electrons. The van der Waals surface area contributed by atoms with E-state index in [4.69, 9.17) is 5.11 Å². The first-order valence-electron chi connectivity index (χ1n) is 6.14. The number of aromatic nitrogens is 2. The minimum Gasteiger partial charge on any atom is -0.395 e. The maximum Gasteiger partial charge on any atom is 0.329 e. The lowest BCUT2D eigenvalue weighted by atomic mass is 10.3. The van der Waals surface area contributed by atoms with Crippen LogP contribution in [0.1, 0.15) is 20.8 Å². The smallest absolute Gasteiger partial charge is 0.329 e. The molecule has 0 unspecified atom stereocenters. The van der Waals surface area contributed by atoms with Crippen LogP contribution in [0.25, 0.3) is 0 Å². The number of hydrogen-bond donors (Lipinski definition) is 2. The van der Waals surface area contributed by atoms with Crippen molar-refractivity contribution in [3.63, 3.8) is 0 Å². The second kappa shape index (κ2) is 6.83. The highest BCUT2D eigenvalue weighted by Gasteiger charge is 2.24. The quantitative estimate of drug-likeness (QED) is 0.562. The highest BCUT2D eigenvalue weighted by molar-refractivity contribution is 5.59. The number of aliphatic hydroxyl groups is 1. The van der Waals surface area contributed by atoms with Gasteiger partial charge in [-0.2, -0.15) is 4.98 Å². The van der Waals surface area contributed by atoms with E-state index in [0.717, 1.165) is 0 Å². The van der Waals surface area contributed by atoms with Gasteiger partial charge in [-0.05, 0) is 20.8 Å². The van der Waals surface area contributed by atoms with E-state index >= 15 is 0 Å². The largest absolute Gasteiger partial charge is 0.395 e. The molecule has 8 nitrogen and oxygen atoms in total. The minimum absolute atomic E-state index is 0.0183. The van der Waals surface area contributed by atoms with E-state index in [2.05, 4.69) is 15.3 Å². The number of anilines is 2. The molecule has 0 aromatic carbocycles. The molecule has 19 heavy (non-hydrogen) atoms. The van der Waals surface area contributed by atoms with Gasteiger partial charge in [0.05, 0.1) is 11.5 Å². The van der Waals surface area contributed by atoms with Gasteiger partial charge in [-0.15, -0.1) is 0 Å². The molecule has 0 aliphatic rings. The highest BCUT2D eigenvalue weighted by atomic mass is 16.6. The normalized spacial score (nSPS) is 10.6. The zero-order valence-electron chi connectivity index (χ0n) is 11.3. The molecule has 0 fully saturated rings. The van der Waals surface area contributed by atoms with Crippen LogP contribution in [0.2, 0.25) is 0 Å². The van der Waals surface area contributed by atoms with Crippen molar-refractivity contribution in [3.8, 4) is 0 Å². The van der Waals surface area contributed by atoms with Crippen LogP contribution in [-0.4, -0.2) is 45.7 Å². The average Bonchev–Trinajstić information content (AvgIpc) is 2.35. The lowest BCUT2D eigenvalue weighted by Crippen LogP contribution is -2.34. The summed E-state index contributed by atoms with van der Waals surface area (Å²) in [5, 5.41) is 23.0. The zero-order chi connectivity index (χ0) is 14.4. The Morgan fingerprint density at radius 3 is 2.74 bits per heavy atom. The van der Waals surface area contributed by atoms with Gasteiger partial charge in [0.2, 0.25) is 11.8 Å². The van der Waals surface area contributed by atoms with Crippen LogP contribution in [-0.2, 0) is 0 Å². The first-order valence-corrected chi connectivity index (χ1v) is 6.14. The fourth-order valence-electron chi connectivity index (χ4n) is 1.67. The molecule has 0 atom stereocenters. The Kier molecular flexibility index (Phi) is 5.43. The van der Waals surface area contributed by atoms with Crippen LogP contribution in [0.3, 0.4) is 0 Å². The van der Waals surface area contributed by atoms with E-state index in [-0.39, 0.29) is 30.7 Å². The monoisotopic (exact) mass is 269 g/mol. The second-order valence-corrected chi connectivity index (χ2v) is 4.20. The number of rotatable bonds is 7. The topological polar surface area (TPSA) is 104 Å². The van der Waals surface area contributed by atoms with Gasteiger partial charge in [0.1, 0.15) is 6.20 Å². The maximum atomic E-state index is 11.0. The number of aliphatic hydroxyl groups excluding tert-OH is 1. The molecule has 1 rings (SSSR count). The molecule has 8 heteroatoms.